The molecule has 0 saturated carbocycles. The SMILES string of the molecule is CCc1n[nH]c(=S)n1N=CC=C1N(C)c2ccccc2C1(C)C. The fourth-order valence-electron chi connectivity index (χ4n) is 3.14. The van der Waals surface area contributed by atoms with E-state index in [4.69, 9.17) is 12.2 Å². The van der Waals surface area contributed by atoms with E-state index < -0.39 is 0 Å². The molecular formula is C17H21N5S. The molecule has 23 heavy (non-hydrogen) atoms. The smallest absolute Gasteiger partial charge is 0.216 e. The number of nitrogens with one attached hydrogen (secondary N) is 1. The summed E-state index contributed by atoms with van der Waals surface area (Å²) >= 11 is 5.21. The Morgan fingerprint density at radius 2 is 2.09 bits per heavy atom. The molecule has 3 rings (SSSR count). The number of nitrogens with zero attached hydrogens (tertiary/aromatic N) is 4. The second-order valence-electron chi connectivity index (χ2n) is 6.13. The van der Waals surface area contributed by atoms with Crippen molar-refractivity contribution in [1.29, 1.82) is 0 Å². The van der Waals surface area contributed by atoms with Gasteiger partial charge < -0.3 is 4.90 Å². The Kier molecular flexibility index (Phi) is 3.93. The number of aryl methyl sites for hydroxylation is 1. The lowest BCUT2D eigenvalue weighted by atomic mass is 9.84. The highest BCUT2D eigenvalue weighted by Gasteiger charge is 2.37. The average molecular weight is 327 g/mol. The molecule has 0 amide bonds. The van der Waals surface area contributed by atoms with E-state index in [0.717, 1.165) is 12.2 Å². The molecule has 0 fully saturated rings. The van der Waals surface area contributed by atoms with Gasteiger partial charge in [0.05, 0.1) is 0 Å². The van der Waals surface area contributed by atoms with Crippen LogP contribution in [0.5, 0.6) is 0 Å². The summed E-state index contributed by atoms with van der Waals surface area (Å²) < 4.78 is 2.18. The first-order chi connectivity index (χ1) is 11.0. The third kappa shape index (κ3) is 2.53. The van der Waals surface area contributed by atoms with Crippen LogP contribution in [0.4, 0.5) is 5.69 Å². The Hall–Kier alpha value is -2.21. The van der Waals surface area contributed by atoms with Crippen LogP contribution in [0, 0.1) is 4.77 Å². The van der Waals surface area contributed by atoms with Crippen LogP contribution in [-0.2, 0) is 11.8 Å². The summed E-state index contributed by atoms with van der Waals surface area (Å²) in [6, 6.07) is 8.49. The van der Waals surface area contributed by atoms with Gasteiger partial charge >= 0.3 is 0 Å². The van der Waals surface area contributed by atoms with Gasteiger partial charge in [0.25, 0.3) is 0 Å². The standard InChI is InChI=1S/C17H21N5S/c1-5-15-19-20-16(23)22(15)18-11-10-14-17(2,3)12-8-6-7-9-13(12)21(14)4/h6-11H,5H2,1-4H3,(H,20,23). The van der Waals surface area contributed by atoms with Crippen molar-refractivity contribution in [2.45, 2.75) is 32.6 Å². The lowest BCUT2D eigenvalue weighted by molar-refractivity contribution is 0.641. The minimum atomic E-state index is -0.0528. The molecule has 0 saturated heterocycles. The first-order valence-electron chi connectivity index (χ1n) is 7.71. The van der Waals surface area contributed by atoms with E-state index in [1.54, 1.807) is 10.9 Å². The Balaban J connectivity index is 1.96. The lowest BCUT2D eigenvalue weighted by Gasteiger charge is -2.23. The van der Waals surface area contributed by atoms with Gasteiger partial charge in [0.15, 0.2) is 5.82 Å². The predicted octanol–water partition coefficient (Wildman–Crippen LogP) is 3.65. The maximum atomic E-state index is 5.21. The highest BCUT2D eigenvalue weighted by molar-refractivity contribution is 7.71. The van der Waals surface area contributed by atoms with Crippen molar-refractivity contribution in [2.75, 3.05) is 11.9 Å². The van der Waals surface area contributed by atoms with Crippen molar-refractivity contribution in [3.8, 4) is 0 Å². The Labute approximate surface area is 141 Å². The van der Waals surface area contributed by atoms with Crippen molar-refractivity contribution < 1.29 is 0 Å². The quantitative estimate of drug-likeness (QED) is 0.691. The first-order valence-corrected chi connectivity index (χ1v) is 8.12. The summed E-state index contributed by atoms with van der Waals surface area (Å²) in [6.07, 6.45) is 4.62. The largest absolute Gasteiger partial charge is 0.347 e. The Morgan fingerprint density at radius 1 is 1.35 bits per heavy atom. The monoisotopic (exact) mass is 327 g/mol. The zero-order valence-electron chi connectivity index (χ0n) is 13.9. The van der Waals surface area contributed by atoms with Crippen LogP contribution >= 0.6 is 12.2 Å². The topological polar surface area (TPSA) is 49.2 Å². The molecule has 0 bridgehead atoms. The van der Waals surface area contributed by atoms with Gasteiger partial charge in [-0.3, -0.25) is 5.10 Å². The van der Waals surface area contributed by atoms with Gasteiger partial charge in [-0.15, -0.1) is 0 Å². The predicted molar refractivity (Wildman–Crippen MR) is 96.6 cm³/mol. The number of benzene rings is 1. The van der Waals surface area contributed by atoms with E-state index in [2.05, 4.69) is 65.4 Å². The molecule has 0 unspecified atom stereocenters. The number of fused-ring (bicyclic) bond motifs is 1. The normalized spacial score (nSPS) is 18.1. The van der Waals surface area contributed by atoms with Crippen LogP contribution in [0.25, 0.3) is 0 Å². The van der Waals surface area contributed by atoms with Crippen molar-refractivity contribution >= 4 is 24.1 Å². The van der Waals surface area contributed by atoms with Crippen LogP contribution in [0.2, 0.25) is 0 Å². The molecule has 1 aromatic heterocycles. The van der Waals surface area contributed by atoms with E-state index in [9.17, 15) is 0 Å². The van der Waals surface area contributed by atoms with E-state index >= 15 is 0 Å². The number of H-pyrrole nitrogens is 1. The second-order valence-corrected chi connectivity index (χ2v) is 6.51. The fourth-order valence-corrected chi connectivity index (χ4v) is 3.34. The van der Waals surface area contributed by atoms with E-state index in [0.29, 0.717) is 4.77 Å². The summed E-state index contributed by atoms with van der Waals surface area (Å²) in [4.78, 5) is 2.22. The van der Waals surface area contributed by atoms with Gasteiger partial charge in [-0.2, -0.15) is 14.9 Å². The third-order valence-corrected chi connectivity index (χ3v) is 4.65. The van der Waals surface area contributed by atoms with Crippen LogP contribution < -0.4 is 4.90 Å². The van der Waals surface area contributed by atoms with E-state index in [1.165, 1.54) is 16.9 Å². The zero-order chi connectivity index (χ0) is 16.6. The number of likely N-dealkylation sites (N-methyl/N-ethyl adjacent to an activating group) is 1. The lowest BCUT2D eigenvalue weighted by Crippen LogP contribution is -2.23. The van der Waals surface area contributed by atoms with Crippen molar-refractivity contribution in [2.24, 2.45) is 5.10 Å². The fraction of sp³-hybridized carbons (Fsp3) is 0.353. The summed E-state index contributed by atoms with van der Waals surface area (Å²) in [7, 11) is 2.09. The van der Waals surface area contributed by atoms with Gasteiger partial charge in [-0.25, -0.2) is 0 Å². The number of aromatic amines is 1. The molecule has 0 aliphatic carbocycles. The summed E-state index contributed by atoms with van der Waals surface area (Å²) in [5.74, 6) is 0.826. The number of para-hydroxylation sites is 1. The van der Waals surface area contributed by atoms with Crippen molar-refractivity contribution in [3.63, 3.8) is 0 Å². The van der Waals surface area contributed by atoms with Crippen LogP contribution in [0.15, 0.2) is 41.1 Å². The zero-order valence-corrected chi connectivity index (χ0v) is 14.7. The van der Waals surface area contributed by atoms with Gasteiger partial charge in [0.1, 0.15) is 0 Å². The number of aromatic nitrogens is 3. The highest BCUT2D eigenvalue weighted by atomic mass is 32.1. The van der Waals surface area contributed by atoms with Gasteiger partial charge in [0.2, 0.25) is 4.77 Å². The Bertz CT molecular complexity index is 841. The van der Waals surface area contributed by atoms with E-state index in [-0.39, 0.29) is 5.41 Å². The highest BCUT2D eigenvalue weighted by Crippen LogP contribution is 2.46. The second kappa shape index (κ2) is 5.77. The first kappa shape index (κ1) is 15.7. The molecule has 0 spiro atoms. The van der Waals surface area contributed by atoms with Crippen molar-refractivity contribution in [1.82, 2.24) is 14.9 Å². The summed E-state index contributed by atoms with van der Waals surface area (Å²) in [6.45, 7) is 6.49. The minimum absolute atomic E-state index is 0.0528. The summed E-state index contributed by atoms with van der Waals surface area (Å²) in [5, 5.41) is 11.4. The van der Waals surface area contributed by atoms with Crippen LogP contribution in [0.3, 0.4) is 0 Å². The van der Waals surface area contributed by atoms with Crippen LogP contribution in [0.1, 0.15) is 32.2 Å². The molecule has 6 heteroatoms. The molecule has 1 N–H and O–H groups in total. The van der Waals surface area contributed by atoms with E-state index in [1.807, 2.05) is 13.0 Å². The minimum Gasteiger partial charge on any atom is -0.347 e. The van der Waals surface area contributed by atoms with Crippen molar-refractivity contribution in [3.05, 3.63) is 52.2 Å². The third-order valence-electron chi connectivity index (χ3n) is 4.39. The average Bonchev–Trinajstić information content (AvgIpc) is 2.99. The number of rotatable bonds is 3. The molecule has 0 atom stereocenters. The molecular weight excluding hydrogens is 306 g/mol. The Morgan fingerprint density at radius 3 is 2.78 bits per heavy atom. The molecule has 5 nitrogen and oxygen atoms in total. The molecule has 1 aromatic carbocycles. The number of hydrogen-bond acceptors (Lipinski definition) is 4. The number of allylic oxidation sites excluding steroid dienone is 2. The van der Waals surface area contributed by atoms with Gasteiger partial charge in [0, 0.05) is 36.5 Å². The molecule has 1 aliphatic heterocycles. The molecule has 2 aromatic rings. The number of anilines is 1. The molecule has 1 aliphatic rings. The molecule has 0 radical (unpaired) electrons. The molecule has 120 valence electrons. The number of hydrogen-bond donors (Lipinski definition) is 1. The maximum absolute atomic E-state index is 5.21. The summed E-state index contributed by atoms with van der Waals surface area (Å²) in [5.41, 5.74) is 3.72. The van der Waals surface area contributed by atoms with Gasteiger partial charge in [-0.1, -0.05) is 39.0 Å². The van der Waals surface area contributed by atoms with Crippen LogP contribution in [-0.4, -0.2) is 28.1 Å². The maximum Gasteiger partial charge on any atom is 0.216 e. The van der Waals surface area contributed by atoms with Gasteiger partial charge in [-0.05, 0) is 29.9 Å². The molecule has 2 heterocycles.